The second-order valence-electron chi connectivity index (χ2n) is 3.99. The molecule has 0 bridgehead atoms. The molecule has 0 fully saturated rings. The highest BCUT2D eigenvalue weighted by Crippen LogP contribution is 2.02. The molecule has 0 spiro atoms. The fourth-order valence-electron chi connectivity index (χ4n) is 1.88. The van der Waals surface area contributed by atoms with Crippen molar-refractivity contribution < 1.29 is 0 Å². The summed E-state index contributed by atoms with van der Waals surface area (Å²) in [5, 5.41) is 4.57. The summed E-state index contributed by atoms with van der Waals surface area (Å²) in [7, 11) is 0. The molecule has 5 nitrogen and oxygen atoms in total. The summed E-state index contributed by atoms with van der Waals surface area (Å²) in [5.74, 6) is 0.478. The van der Waals surface area contributed by atoms with Crippen molar-refractivity contribution >= 4 is 16.6 Å². The summed E-state index contributed by atoms with van der Waals surface area (Å²) in [6.45, 7) is 0. The van der Waals surface area contributed by atoms with Gasteiger partial charge in [0, 0.05) is 17.0 Å². The van der Waals surface area contributed by atoms with E-state index in [0.29, 0.717) is 16.6 Å². The smallest absolute Gasteiger partial charge is 0.217 e. The van der Waals surface area contributed by atoms with Gasteiger partial charge in [0.05, 0.1) is 0 Å². The summed E-state index contributed by atoms with van der Waals surface area (Å²) in [4.78, 5) is 28.0. The summed E-state index contributed by atoms with van der Waals surface area (Å²) >= 11 is 0. The third-order valence-corrected chi connectivity index (χ3v) is 2.79. The summed E-state index contributed by atoms with van der Waals surface area (Å²) in [6, 6.07) is 11.9. The van der Waals surface area contributed by atoms with Crippen LogP contribution in [0.25, 0.3) is 10.8 Å². The molecule has 92 valence electrons. The van der Waals surface area contributed by atoms with Gasteiger partial charge < -0.3 is 0 Å². The van der Waals surface area contributed by atoms with Crippen molar-refractivity contribution in [3.8, 4) is 0 Å². The van der Waals surface area contributed by atoms with Gasteiger partial charge in [-0.2, -0.15) is 5.10 Å². The van der Waals surface area contributed by atoms with Crippen LogP contribution in [-0.2, 0) is 0 Å². The molecule has 0 aliphatic rings. The van der Waals surface area contributed by atoms with Gasteiger partial charge in [0.15, 0.2) is 5.36 Å². The minimum Gasteiger partial charge on any atom is -0.287 e. The van der Waals surface area contributed by atoms with Crippen LogP contribution in [0.2, 0.25) is 0 Å². The van der Waals surface area contributed by atoms with Crippen molar-refractivity contribution in [1.29, 1.82) is 0 Å². The Morgan fingerprint density at radius 1 is 0.895 bits per heavy atom. The van der Waals surface area contributed by atoms with Crippen molar-refractivity contribution in [1.82, 2.24) is 4.98 Å². The Morgan fingerprint density at radius 3 is 2.11 bits per heavy atom. The van der Waals surface area contributed by atoms with Gasteiger partial charge in [-0.3, -0.25) is 15.0 Å². The highest BCUT2D eigenvalue weighted by molar-refractivity contribution is 5.83. The van der Waals surface area contributed by atoms with Crippen LogP contribution < -0.4 is 21.6 Å². The Balaban J connectivity index is 2.16. The summed E-state index contributed by atoms with van der Waals surface area (Å²) in [5.41, 5.74) is 1.90. The Morgan fingerprint density at radius 2 is 1.53 bits per heavy atom. The zero-order chi connectivity index (χ0) is 13.2. The molecular formula is C14H9N3O2. The van der Waals surface area contributed by atoms with E-state index in [2.05, 4.69) is 15.5 Å². The van der Waals surface area contributed by atoms with Crippen molar-refractivity contribution in [3.05, 3.63) is 74.5 Å². The zero-order valence-corrected chi connectivity index (χ0v) is 9.83. The molecule has 3 aromatic rings. The maximum atomic E-state index is 12.0. The van der Waals surface area contributed by atoms with E-state index < -0.39 is 0 Å². The number of anilines is 1. The van der Waals surface area contributed by atoms with Crippen LogP contribution in [0.3, 0.4) is 0 Å². The lowest BCUT2D eigenvalue weighted by molar-refractivity contribution is 1.15. The first kappa shape index (κ1) is 11.3. The molecule has 0 aliphatic heterocycles. The molecule has 1 N–H and O–H groups in total. The maximum Gasteiger partial charge on any atom is 0.217 e. The second kappa shape index (κ2) is 4.45. The molecule has 0 saturated carbocycles. The lowest BCUT2D eigenvalue weighted by Crippen LogP contribution is -2.32. The minimum atomic E-state index is -0.357. The largest absolute Gasteiger partial charge is 0.287 e. The van der Waals surface area contributed by atoms with Crippen molar-refractivity contribution in [2.45, 2.75) is 0 Å². The van der Waals surface area contributed by atoms with Crippen LogP contribution in [0.1, 0.15) is 0 Å². The molecule has 0 amide bonds. The molecule has 0 radical (unpaired) electrons. The number of pyridine rings is 1. The Hall–Kier alpha value is -2.82. The standard InChI is InChI=1S/C14H9N3O2/c18-13-9-5-1-2-6-10(9)14(19)12(13)17-16-11-7-3-4-8-15-11/h1-8H,(H,15,16). The monoisotopic (exact) mass is 251 g/mol. The fourth-order valence-corrected chi connectivity index (χ4v) is 1.88. The van der Waals surface area contributed by atoms with E-state index in [0.717, 1.165) is 0 Å². The van der Waals surface area contributed by atoms with Crippen molar-refractivity contribution in [3.63, 3.8) is 0 Å². The average Bonchev–Trinajstić information content (AvgIpc) is 2.71. The normalized spacial score (nSPS) is 10.5. The van der Waals surface area contributed by atoms with Crippen LogP contribution in [0, 0.1) is 0 Å². The topological polar surface area (TPSA) is 71.4 Å². The SMILES string of the molecule is O=c1c(=NNc2ccccn2)c(=O)c2ccccc12. The fraction of sp³-hybridized carbons (Fsp3) is 0. The number of nitrogens with one attached hydrogen (secondary N) is 1. The third-order valence-electron chi connectivity index (χ3n) is 2.79. The number of benzene rings is 1. The second-order valence-corrected chi connectivity index (χ2v) is 3.99. The predicted octanol–water partition coefficient (Wildman–Crippen LogP) is 0.759. The number of hydrogen-bond acceptors (Lipinski definition) is 5. The molecule has 1 heterocycles. The number of nitrogens with zero attached hydrogens (tertiary/aromatic N) is 2. The minimum absolute atomic E-state index is 0.105. The first-order valence-corrected chi connectivity index (χ1v) is 5.70. The predicted molar refractivity (Wildman–Crippen MR) is 72.3 cm³/mol. The van der Waals surface area contributed by atoms with Gasteiger partial charge in [0.1, 0.15) is 5.82 Å². The number of rotatable bonds is 2. The molecule has 0 aliphatic carbocycles. The maximum absolute atomic E-state index is 12.0. The Kier molecular flexibility index (Phi) is 2.64. The molecule has 19 heavy (non-hydrogen) atoms. The Bertz CT molecular complexity index is 828. The van der Waals surface area contributed by atoms with Crippen LogP contribution in [0.5, 0.6) is 0 Å². The van der Waals surface area contributed by atoms with Gasteiger partial charge in [0.2, 0.25) is 10.9 Å². The van der Waals surface area contributed by atoms with E-state index in [1.807, 2.05) is 0 Å². The van der Waals surface area contributed by atoms with E-state index >= 15 is 0 Å². The average molecular weight is 251 g/mol. The molecule has 0 unspecified atom stereocenters. The highest BCUT2D eigenvalue weighted by atomic mass is 16.1. The van der Waals surface area contributed by atoms with Crippen LogP contribution in [0.4, 0.5) is 5.82 Å². The van der Waals surface area contributed by atoms with Gasteiger partial charge in [0.25, 0.3) is 0 Å². The molecule has 0 atom stereocenters. The van der Waals surface area contributed by atoms with E-state index in [1.54, 1.807) is 48.7 Å². The molecule has 1 aromatic heterocycles. The van der Waals surface area contributed by atoms with Gasteiger partial charge in [-0.15, -0.1) is 0 Å². The Labute approximate surface area is 107 Å². The third kappa shape index (κ3) is 1.91. The van der Waals surface area contributed by atoms with E-state index in [9.17, 15) is 9.59 Å². The van der Waals surface area contributed by atoms with E-state index in [1.165, 1.54) is 0 Å². The first-order valence-electron chi connectivity index (χ1n) is 5.70. The number of hydrogen-bond donors (Lipinski definition) is 1. The lowest BCUT2D eigenvalue weighted by atomic mass is 10.2. The van der Waals surface area contributed by atoms with Crippen LogP contribution in [0.15, 0.2) is 63.4 Å². The zero-order valence-electron chi connectivity index (χ0n) is 9.83. The summed E-state index contributed by atoms with van der Waals surface area (Å²) in [6.07, 6.45) is 1.59. The first-order chi connectivity index (χ1) is 9.27. The van der Waals surface area contributed by atoms with Crippen molar-refractivity contribution in [2.75, 3.05) is 5.43 Å². The number of fused-ring (bicyclic) bond motifs is 1. The van der Waals surface area contributed by atoms with Crippen LogP contribution in [-0.4, -0.2) is 4.98 Å². The van der Waals surface area contributed by atoms with Crippen LogP contribution >= 0.6 is 0 Å². The molecule has 0 saturated heterocycles. The highest BCUT2D eigenvalue weighted by Gasteiger charge is 2.09. The van der Waals surface area contributed by atoms with E-state index in [4.69, 9.17) is 0 Å². The van der Waals surface area contributed by atoms with Gasteiger partial charge in [-0.1, -0.05) is 30.3 Å². The van der Waals surface area contributed by atoms with Gasteiger partial charge in [-0.05, 0) is 12.1 Å². The molecule has 2 aromatic carbocycles. The van der Waals surface area contributed by atoms with Gasteiger partial charge >= 0.3 is 0 Å². The number of aromatic nitrogens is 1. The van der Waals surface area contributed by atoms with Crippen molar-refractivity contribution in [2.24, 2.45) is 5.10 Å². The molecular weight excluding hydrogens is 242 g/mol. The summed E-state index contributed by atoms with van der Waals surface area (Å²) < 4.78 is 0. The quantitative estimate of drug-likeness (QED) is 0.682. The lowest BCUT2D eigenvalue weighted by Gasteiger charge is -1.94. The molecule has 3 rings (SSSR count). The molecule has 5 heteroatoms. The van der Waals surface area contributed by atoms with Gasteiger partial charge in [-0.25, -0.2) is 4.98 Å². The van der Waals surface area contributed by atoms with E-state index in [-0.39, 0.29) is 16.2 Å².